The molecule has 0 radical (unpaired) electrons. The van der Waals surface area contributed by atoms with Crippen LogP contribution in [0.4, 0.5) is 0 Å². The van der Waals surface area contributed by atoms with Gasteiger partial charge in [0.05, 0.1) is 12.2 Å². The molecule has 0 saturated carbocycles. The van der Waals surface area contributed by atoms with Crippen molar-refractivity contribution >= 4 is 17.2 Å². The van der Waals surface area contributed by atoms with E-state index in [1.165, 1.54) is 24.0 Å². The monoisotopic (exact) mass is 341 g/mol. The molecule has 1 aromatic heterocycles. The maximum Gasteiger partial charge on any atom is 0.266 e. The van der Waals surface area contributed by atoms with Crippen molar-refractivity contribution in [3.63, 3.8) is 0 Å². The summed E-state index contributed by atoms with van der Waals surface area (Å²) in [6, 6.07) is 8.43. The van der Waals surface area contributed by atoms with Crippen LogP contribution in [0.25, 0.3) is 0 Å². The Morgan fingerprint density at radius 3 is 2.71 bits per heavy atom. The van der Waals surface area contributed by atoms with Crippen LogP contribution < -0.4 is 0 Å². The minimum atomic E-state index is 0.146. The van der Waals surface area contributed by atoms with E-state index in [4.69, 9.17) is 0 Å². The Labute approximate surface area is 147 Å². The first-order valence-corrected chi connectivity index (χ1v) is 9.57. The van der Waals surface area contributed by atoms with Gasteiger partial charge < -0.3 is 4.90 Å². The molecule has 2 aromatic rings. The third kappa shape index (κ3) is 3.10. The zero-order valence-corrected chi connectivity index (χ0v) is 14.9. The Kier molecular flexibility index (Phi) is 4.37. The van der Waals surface area contributed by atoms with E-state index in [0.717, 1.165) is 48.2 Å². The number of aromatic nitrogens is 1. The maximum atomic E-state index is 13.0. The number of carbonyl (C=O) groups is 1. The van der Waals surface area contributed by atoms with Crippen molar-refractivity contribution in [3.8, 4) is 0 Å². The number of hydrogen-bond acceptors (Lipinski definition) is 4. The van der Waals surface area contributed by atoms with Crippen molar-refractivity contribution in [2.45, 2.75) is 39.3 Å². The molecule has 126 valence electrons. The highest BCUT2D eigenvalue weighted by molar-refractivity contribution is 7.13. The van der Waals surface area contributed by atoms with Crippen molar-refractivity contribution in [2.24, 2.45) is 0 Å². The fraction of sp³-hybridized carbons (Fsp3) is 0.474. The molecule has 2 aliphatic rings. The lowest BCUT2D eigenvalue weighted by Gasteiger charge is -2.28. The Morgan fingerprint density at radius 2 is 1.92 bits per heavy atom. The first-order chi connectivity index (χ1) is 11.7. The molecule has 0 aliphatic carbocycles. The third-order valence-electron chi connectivity index (χ3n) is 5.01. The Bertz CT molecular complexity index is 749. The predicted octanol–water partition coefficient (Wildman–Crippen LogP) is 3.25. The molecule has 2 aliphatic heterocycles. The lowest BCUT2D eigenvalue weighted by molar-refractivity contribution is 0.0738. The first kappa shape index (κ1) is 15.8. The van der Waals surface area contributed by atoms with Gasteiger partial charge in [-0.2, -0.15) is 0 Å². The maximum absolute atomic E-state index is 13.0. The molecule has 5 heteroatoms. The number of likely N-dealkylation sites (tertiary alicyclic amines) is 1. The molecule has 1 saturated heterocycles. The number of carbonyl (C=O) groups excluding carboxylic acids is 1. The van der Waals surface area contributed by atoms with E-state index in [1.807, 2.05) is 11.8 Å². The van der Waals surface area contributed by atoms with Crippen molar-refractivity contribution < 1.29 is 4.79 Å². The van der Waals surface area contributed by atoms with Crippen LogP contribution in [0, 0.1) is 6.92 Å². The summed E-state index contributed by atoms with van der Waals surface area (Å²) in [5.41, 5.74) is 3.53. The van der Waals surface area contributed by atoms with Gasteiger partial charge in [-0.3, -0.25) is 9.69 Å². The van der Waals surface area contributed by atoms with Crippen LogP contribution >= 0.6 is 11.3 Å². The second-order valence-corrected chi connectivity index (χ2v) is 7.83. The minimum Gasteiger partial charge on any atom is -0.333 e. The fourth-order valence-corrected chi connectivity index (χ4v) is 4.74. The van der Waals surface area contributed by atoms with Crippen LogP contribution in [0.3, 0.4) is 0 Å². The Hall–Kier alpha value is -1.72. The van der Waals surface area contributed by atoms with Gasteiger partial charge in [-0.25, -0.2) is 4.98 Å². The van der Waals surface area contributed by atoms with Crippen LogP contribution in [0.2, 0.25) is 0 Å². The van der Waals surface area contributed by atoms with E-state index in [1.54, 1.807) is 11.3 Å². The number of amides is 1. The topological polar surface area (TPSA) is 36.4 Å². The van der Waals surface area contributed by atoms with Gasteiger partial charge in [-0.05, 0) is 50.4 Å². The summed E-state index contributed by atoms with van der Waals surface area (Å²) in [5.74, 6) is 0.146. The number of nitrogens with zero attached hydrogens (tertiary/aromatic N) is 3. The molecule has 3 heterocycles. The van der Waals surface area contributed by atoms with Crippen LogP contribution in [0.15, 0.2) is 24.3 Å². The Balaban J connectivity index is 1.49. The molecule has 0 bridgehead atoms. The summed E-state index contributed by atoms with van der Waals surface area (Å²) in [6.45, 7) is 6.69. The van der Waals surface area contributed by atoms with Crippen molar-refractivity contribution in [3.05, 3.63) is 51.0 Å². The van der Waals surface area contributed by atoms with Crippen molar-refractivity contribution in [2.75, 3.05) is 19.6 Å². The normalized spacial score (nSPS) is 18.0. The van der Waals surface area contributed by atoms with Crippen LogP contribution in [0.5, 0.6) is 0 Å². The molecular weight excluding hydrogens is 318 g/mol. The predicted molar refractivity (Wildman–Crippen MR) is 96.2 cm³/mol. The van der Waals surface area contributed by atoms with Crippen molar-refractivity contribution in [1.29, 1.82) is 0 Å². The van der Waals surface area contributed by atoms with Gasteiger partial charge in [0.25, 0.3) is 5.91 Å². The van der Waals surface area contributed by atoms with Crippen LogP contribution in [-0.2, 0) is 19.5 Å². The van der Waals surface area contributed by atoms with Gasteiger partial charge in [0.1, 0.15) is 9.88 Å². The van der Waals surface area contributed by atoms with E-state index in [2.05, 4.69) is 34.1 Å². The molecule has 0 N–H and O–H groups in total. The van der Waals surface area contributed by atoms with Gasteiger partial charge in [-0.15, -0.1) is 11.3 Å². The average Bonchev–Trinajstić information content (AvgIpc) is 3.23. The van der Waals surface area contributed by atoms with Crippen molar-refractivity contribution in [1.82, 2.24) is 14.8 Å². The van der Waals surface area contributed by atoms with Gasteiger partial charge in [0, 0.05) is 13.1 Å². The van der Waals surface area contributed by atoms with Crippen LogP contribution in [0.1, 0.15) is 44.3 Å². The van der Waals surface area contributed by atoms with E-state index >= 15 is 0 Å². The zero-order valence-electron chi connectivity index (χ0n) is 14.1. The Morgan fingerprint density at radius 1 is 1.17 bits per heavy atom. The van der Waals surface area contributed by atoms with Gasteiger partial charge in [-0.1, -0.05) is 24.3 Å². The molecule has 4 nitrogen and oxygen atoms in total. The molecule has 1 amide bonds. The summed E-state index contributed by atoms with van der Waals surface area (Å²) in [5, 5.41) is 1.08. The number of hydrogen-bond donors (Lipinski definition) is 0. The second-order valence-electron chi connectivity index (χ2n) is 6.75. The van der Waals surface area contributed by atoms with E-state index < -0.39 is 0 Å². The summed E-state index contributed by atoms with van der Waals surface area (Å²) in [7, 11) is 0. The summed E-state index contributed by atoms with van der Waals surface area (Å²) < 4.78 is 0. The standard InChI is InChI=1S/C19H23N3OS/c1-14-18(24-17(20-14)13-21-9-4-5-10-21)19(23)22-11-8-15-6-2-3-7-16(15)12-22/h2-3,6-7H,4-5,8-13H2,1H3. The number of fused-ring (bicyclic) bond motifs is 1. The smallest absolute Gasteiger partial charge is 0.266 e. The van der Waals surface area contributed by atoms with Gasteiger partial charge >= 0.3 is 0 Å². The van der Waals surface area contributed by atoms with Gasteiger partial charge in [0.2, 0.25) is 0 Å². The summed E-state index contributed by atoms with van der Waals surface area (Å²) >= 11 is 1.59. The van der Waals surface area contributed by atoms with E-state index in [-0.39, 0.29) is 5.91 Å². The van der Waals surface area contributed by atoms with Crippen LogP contribution in [-0.4, -0.2) is 40.3 Å². The third-order valence-corrected chi connectivity index (χ3v) is 6.14. The van der Waals surface area contributed by atoms with E-state index in [9.17, 15) is 4.79 Å². The quantitative estimate of drug-likeness (QED) is 0.860. The highest BCUT2D eigenvalue weighted by atomic mass is 32.1. The average molecular weight is 341 g/mol. The SMILES string of the molecule is Cc1nc(CN2CCCC2)sc1C(=O)N1CCc2ccccc2C1. The zero-order chi connectivity index (χ0) is 16.5. The highest BCUT2D eigenvalue weighted by Gasteiger charge is 2.25. The first-order valence-electron chi connectivity index (χ1n) is 8.75. The molecule has 0 unspecified atom stereocenters. The molecule has 4 rings (SSSR count). The largest absolute Gasteiger partial charge is 0.333 e. The number of rotatable bonds is 3. The molecule has 24 heavy (non-hydrogen) atoms. The molecular formula is C19H23N3OS. The molecule has 0 atom stereocenters. The lowest BCUT2D eigenvalue weighted by atomic mass is 10.00. The number of thiazole rings is 1. The number of benzene rings is 1. The summed E-state index contributed by atoms with van der Waals surface area (Å²) in [4.78, 5) is 22.9. The molecule has 1 fully saturated rings. The molecule has 1 aromatic carbocycles. The minimum absolute atomic E-state index is 0.146. The highest BCUT2D eigenvalue weighted by Crippen LogP contribution is 2.26. The fourth-order valence-electron chi connectivity index (χ4n) is 3.66. The summed E-state index contributed by atoms with van der Waals surface area (Å²) in [6.07, 6.45) is 3.51. The second kappa shape index (κ2) is 6.65. The van der Waals surface area contributed by atoms with Gasteiger partial charge in [0.15, 0.2) is 0 Å². The lowest BCUT2D eigenvalue weighted by Crippen LogP contribution is -2.35. The number of aryl methyl sites for hydroxylation is 1. The van der Waals surface area contributed by atoms with E-state index in [0.29, 0.717) is 6.54 Å². The molecule has 0 spiro atoms.